The van der Waals surface area contributed by atoms with Gasteiger partial charge in [0.05, 0.1) is 12.2 Å². The van der Waals surface area contributed by atoms with Crippen LogP contribution in [0.5, 0.6) is 11.5 Å². The second-order valence-corrected chi connectivity index (χ2v) is 6.31. The van der Waals surface area contributed by atoms with E-state index in [2.05, 4.69) is 10.3 Å². The van der Waals surface area contributed by atoms with E-state index in [1.165, 1.54) is 0 Å². The number of hydrogen-bond acceptors (Lipinski definition) is 4. The molecule has 2 aromatic carbocycles. The van der Waals surface area contributed by atoms with Crippen LogP contribution in [0, 0.1) is 6.92 Å². The number of benzene rings is 2. The third kappa shape index (κ3) is 3.98. The maximum atomic E-state index is 12.3. The number of anilines is 1. The lowest BCUT2D eigenvalue weighted by Crippen LogP contribution is -2.17. The number of aromatic nitrogens is 2. The summed E-state index contributed by atoms with van der Waals surface area (Å²) < 4.78 is 7.35. The first-order valence-corrected chi connectivity index (χ1v) is 8.73. The summed E-state index contributed by atoms with van der Waals surface area (Å²) in [5.74, 6) is 1.57. The lowest BCUT2D eigenvalue weighted by atomic mass is 10.2. The third-order valence-electron chi connectivity index (χ3n) is 4.17. The number of nitrogens with one attached hydrogen (secondary N) is 1. The van der Waals surface area contributed by atoms with E-state index in [-0.39, 0.29) is 5.56 Å². The Morgan fingerprint density at radius 1 is 0.963 bits per heavy atom. The maximum Gasteiger partial charge on any atom is 0.258 e. The molecule has 0 fully saturated rings. The molecule has 4 aromatic rings. The highest BCUT2D eigenvalue weighted by molar-refractivity contribution is 5.48. The van der Waals surface area contributed by atoms with Crippen molar-refractivity contribution in [3.05, 3.63) is 101 Å². The molecule has 0 unspecified atom stereocenters. The van der Waals surface area contributed by atoms with Crippen molar-refractivity contribution in [1.29, 1.82) is 0 Å². The van der Waals surface area contributed by atoms with E-state index in [0.29, 0.717) is 17.9 Å². The molecule has 1 N–H and O–H groups in total. The van der Waals surface area contributed by atoms with Crippen molar-refractivity contribution >= 4 is 11.3 Å². The molecule has 0 aliphatic rings. The molecule has 134 valence electrons. The summed E-state index contributed by atoms with van der Waals surface area (Å²) in [6.45, 7) is 2.42. The van der Waals surface area contributed by atoms with Crippen molar-refractivity contribution in [2.75, 3.05) is 5.32 Å². The Bertz CT molecular complexity index is 1120. The SMILES string of the molecule is Cc1ccc2nc(CNc3ccc(Oc4ccccc4)cc3)cc(=O)n2c1. The van der Waals surface area contributed by atoms with Gasteiger partial charge in [-0.25, -0.2) is 4.98 Å². The molecule has 4 rings (SSSR count). The van der Waals surface area contributed by atoms with Gasteiger partial charge in [0.1, 0.15) is 17.1 Å². The molecule has 0 saturated carbocycles. The van der Waals surface area contributed by atoms with Gasteiger partial charge < -0.3 is 10.1 Å². The van der Waals surface area contributed by atoms with E-state index in [4.69, 9.17) is 4.74 Å². The highest BCUT2D eigenvalue weighted by atomic mass is 16.5. The Morgan fingerprint density at radius 3 is 2.48 bits per heavy atom. The number of aryl methyl sites for hydroxylation is 1. The first-order chi connectivity index (χ1) is 13.2. The molecule has 2 heterocycles. The van der Waals surface area contributed by atoms with Gasteiger partial charge in [-0.3, -0.25) is 9.20 Å². The minimum absolute atomic E-state index is 0.0768. The molecule has 0 radical (unpaired) electrons. The Labute approximate surface area is 156 Å². The predicted octanol–water partition coefficient (Wildman–Crippen LogP) is 4.41. The zero-order valence-corrected chi connectivity index (χ0v) is 14.9. The van der Waals surface area contributed by atoms with Crippen LogP contribution in [0.25, 0.3) is 5.65 Å². The highest BCUT2D eigenvalue weighted by Crippen LogP contribution is 2.22. The Kier molecular flexibility index (Phi) is 4.58. The highest BCUT2D eigenvalue weighted by Gasteiger charge is 2.03. The summed E-state index contributed by atoms with van der Waals surface area (Å²) in [5.41, 5.74) is 3.23. The van der Waals surface area contributed by atoms with Gasteiger partial charge >= 0.3 is 0 Å². The molecular formula is C22H19N3O2. The summed E-state index contributed by atoms with van der Waals surface area (Å²) in [6, 6.07) is 22.7. The van der Waals surface area contributed by atoms with Crippen LogP contribution < -0.4 is 15.6 Å². The van der Waals surface area contributed by atoms with Crippen molar-refractivity contribution in [1.82, 2.24) is 9.38 Å². The van der Waals surface area contributed by atoms with Crippen LogP contribution in [0.15, 0.2) is 83.8 Å². The Balaban J connectivity index is 1.45. The van der Waals surface area contributed by atoms with Crippen molar-refractivity contribution in [3.8, 4) is 11.5 Å². The molecule has 0 aliphatic carbocycles. The minimum Gasteiger partial charge on any atom is -0.457 e. The van der Waals surface area contributed by atoms with Crippen molar-refractivity contribution < 1.29 is 4.74 Å². The smallest absolute Gasteiger partial charge is 0.258 e. The summed E-state index contributed by atoms with van der Waals surface area (Å²) in [6.07, 6.45) is 1.80. The van der Waals surface area contributed by atoms with Crippen LogP contribution >= 0.6 is 0 Å². The second kappa shape index (κ2) is 7.33. The molecule has 5 nitrogen and oxygen atoms in total. The molecule has 0 atom stereocenters. The standard InChI is InChI=1S/C22H19N3O2/c1-16-7-12-21-24-18(13-22(26)25(21)15-16)14-23-17-8-10-20(11-9-17)27-19-5-3-2-4-6-19/h2-13,15,23H,14H2,1H3. The number of pyridine rings is 1. The largest absolute Gasteiger partial charge is 0.457 e. The fourth-order valence-corrected chi connectivity index (χ4v) is 2.81. The summed E-state index contributed by atoms with van der Waals surface area (Å²) in [7, 11) is 0. The van der Waals surface area contributed by atoms with E-state index in [1.807, 2.05) is 73.7 Å². The summed E-state index contributed by atoms with van der Waals surface area (Å²) in [5, 5.41) is 3.29. The first kappa shape index (κ1) is 16.8. The van der Waals surface area contributed by atoms with E-state index < -0.39 is 0 Å². The van der Waals surface area contributed by atoms with Gasteiger partial charge in [0, 0.05) is 18.0 Å². The number of hydrogen-bond donors (Lipinski definition) is 1. The van der Waals surface area contributed by atoms with Gasteiger partial charge in [-0.15, -0.1) is 0 Å². The van der Waals surface area contributed by atoms with Gasteiger partial charge in [-0.1, -0.05) is 24.3 Å². The van der Waals surface area contributed by atoms with Crippen molar-refractivity contribution in [2.24, 2.45) is 0 Å². The van der Waals surface area contributed by atoms with Crippen molar-refractivity contribution in [2.45, 2.75) is 13.5 Å². The van der Waals surface area contributed by atoms with Crippen LogP contribution in [0.2, 0.25) is 0 Å². The van der Waals surface area contributed by atoms with E-state index in [9.17, 15) is 4.79 Å². The minimum atomic E-state index is -0.0768. The summed E-state index contributed by atoms with van der Waals surface area (Å²) >= 11 is 0. The fourth-order valence-electron chi connectivity index (χ4n) is 2.81. The quantitative estimate of drug-likeness (QED) is 0.575. The molecular weight excluding hydrogens is 338 g/mol. The van der Waals surface area contributed by atoms with E-state index >= 15 is 0 Å². The Morgan fingerprint density at radius 2 is 1.70 bits per heavy atom. The molecule has 27 heavy (non-hydrogen) atoms. The lowest BCUT2D eigenvalue weighted by Gasteiger charge is -2.09. The predicted molar refractivity (Wildman–Crippen MR) is 106 cm³/mol. The topological polar surface area (TPSA) is 55.6 Å². The molecule has 0 saturated heterocycles. The van der Waals surface area contributed by atoms with Gasteiger partial charge in [0.2, 0.25) is 0 Å². The van der Waals surface area contributed by atoms with Crippen LogP contribution in [0.3, 0.4) is 0 Å². The van der Waals surface area contributed by atoms with E-state index in [1.54, 1.807) is 16.7 Å². The molecule has 0 aliphatic heterocycles. The van der Waals surface area contributed by atoms with Crippen LogP contribution in [-0.2, 0) is 6.54 Å². The average Bonchev–Trinajstić information content (AvgIpc) is 2.69. The first-order valence-electron chi connectivity index (χ1n) is 8.73. The molecule has 0 amide bonds. The third-order valence-corrected chi connectivity index (χ3v) is 4.17. The number of rotatable bonds is 5. The van der Waals surface area contributed by atoms with Crippen LogP contribution in [-0.4, -0.2) is 9.38 Å². The number of ether oxygens (including phenoxy) is 1. The van der Waals surface area contributed by atoms with Crippen LogP contribution in [0.4, 0.5) is 5.69 Å². The molecule has 0 spiro atoms. The monoisotopic (exact) mass is 357 g/mol. The molecule has 2 aromatic heterocycles. The van der Waals surface area contributed by atoms with Crippen molar-refractivity contribution in [3.63, 3.8) is 0 Å². The Hall–Kier alpha value is -3.60. The zero-order chi connectivity index (χ0) is 18.6. The molecule has 5 heteroatoms. The maximum absolute atomic E-state index is 12.3. The molecule has 0 bridgehead atoms. The number of fused-ring (bicyclic) bond motifs is 1. The van der Waals surface area contributed by atoms with Gasteiger partial charge in [-0.2, -0.15) is 0 Å². The van der Waals surface area contributed by atoms with Gasteiger partial charge in [-0.05, 0) is 55.0 Å². The van der Waals surface area contributed by atoms with Crippen LogP contribution in [0.1, 0.15) is 11.3 Å². The van der Waals surface area contributed by atoms with Gasteiger partial charge in [0.15, 0.2) is 0 Å². The lowest BCUT2D eigenvalue weighted by molar-refractivity contribution is 0.483. The zero-order valence-electron chi connectivity index (χ0n) is 14.9. The second-order valence-electron chi connectivity index (χ2n) is 6.31. The fraction of sp³-hybridized carbons (Fsp3) is 0.0909. The average molecular weight is 357 g/mol. The normalized spacial score (nSPS) is 10.7. The number of para-hydroxylation sites is 1. The van der Waals surface area contributed by atoms with Gasteiger partial charge in [0.25, 0.3) is 5.56 Å². The number of nitrogens with zero attached hydrogens (tertiary/aromatic N) is 2. The summed E-state index contributed by atoms with van der Waals surface area (Å²) in [4.78, 5) is 16.8. The van der Waals surface area contributed by atoms with E-state index in [0.717, 1.165) is 22.7 Å².